The molecule has 1 aliphatic carbocycles. The number of carbonyl (C=O) groups is 2. The number of nitrogens with zero attached hydrogens (tertiary/aromatic N) is 5. The molecule has 2 aromatic rings. The van der Waals surface area contributed by atoms with E-state index in [4.69, 9.17) is 19.4 Å². The number of carbonyl (C=O) groups excluding carboxylic acids is 1. The number of hydrogen-bond donors (Lipinski definition) is 1. The third-order valence-electron chi connectivity index (χ3n) is 5.96. The van der Waals surface area contributed by atoms with Crippen molar-refractivity contribution < 1.29 is 32.4 Å². The Hall–Kier alpha value is -3.02. The van der Waals surface area contributed by atoms with Crippen LogP contribution in [0.1, 0.15) is 68.8 Å². The molecule has 4 rings (SSSR count). The molecule has 0 radical (unpaired) electrons. The maximum absolute atomic E-state index is 12.4. The van der Waals surface area contributed by atoms with E-state index in [1.54, 1.807) is 0 Å². The van der Waals surface area contributed by atoms with E-state index in [1.807, 2.05) is 12.1 Å². The number of pyridine rings is 1. The van der Waals surface area contributed by atoms with Crippen LogP contribution in [0.4, 0.5) is 19.0 Å². The molecule has 9 nitrogen and oxygen atoms in total. The first-order valence-corrected chi connectivity index (χ1v) is 11.7. The minimum absolute atomic E-state index is 0.00902. The summed E-state index contributed by atoms with van der Waals surface area (Å²) in [6.45, 7) is 14.8. The summed E-state index contributed by atoms with van der Waals surface area (Å²) < 4.78 is 37.1. The molecule has 1 saturated heterocycles. The van der Waals surface area contributed by atoms with Gasteiger partial charge in [-0.3, -0.25) is 9.69 Å². The summed E-state index contributed by atoms with van der Waals surface area (Å²) in [7, 11) is 0. The van der Waals surface area contributed by atoms with Gasteiger partial charge in [-0.05, 0) is 24.0 Å². The van der Waals surface area contributed by atoms with Crippen molar-refractivity contribution in [3.8, 4) is 0 Å². The van der Waals surface area contributed by atoms with E-state index in [-0.39, 0.29) is 16.6 Å². The van der Waals surface area contributed by atoms with Gasteiger partial charge in [0.25, 0.3) is 0 Å². The number of aliphatic carboxylic acids is 1. The van der Waals surface area contributed by atoms with Gasteiger partial charge in [-0.25, -0.2) is 9.78 Å². The van der Waals surface area contributed by atoms with E-state index in [9.17, 15) is 18.0 Å². The smallest absolute Gasteiger partial charge is 0.475 e. The molecule has 36 heavy (non-hydrogen) atoms. The van der Waals surface area contributed by atoms with Gasteiger partial charge in [0.05, 0.1) is 12.2 Å². The highest BCUT2D eigenvalue weighted by Crippen LogP contribution is 2.34. The fraction of sp³-hybridized carbons (Fsp3) is 0.625. The molecule has 3 heterocycles. The van der Waals surface area contributed by atoms with Crippen molar-refractivity contribution in [2.24, 2.45) is 5.41 Å². The number of fused-ring (bicyclic) bond motifs is 1. The van der Waals surface area contributed by atoms with Crippen LogP contribution in [-0.4, -0.2) is 69.2 Å². The lowest BCUT2D eigenvalue weighted by atomic mass is 9.76. The summed E-state index contributed by atoms with van der Waals surface area (Å²) >= 11 is 0. The molecule has 198 valence electrons. The molecular weight excluding hydrogens is 479 g/mol. The molecule has 0 unspecified atom stereocenters. The van der Waals surface area contributed by atoms with Crippen LogP contribution in [0, 0.1) is 5.41 Å². The number of alkyl halides is 3. The lowest BCUT2D eigenvalue weighted by Crippen LogP contribution is -2.46. The van der Waals surface area contributed by atoms with Crippen LogP contribution in [-0.2, 0) is 23.2 Å². The Balaban J connectivity index is 0.000000454. The quantitative estimate of drug-likeness (QED) is 0.656. The van der Waals surface area contributed by atoms with Crippen molar-refractivity contribution in [2.75, 3.05) is 31.1 Å². The van der Waals surface area contributed by atoms with Gasteiger partial charge in [-0.1, -0.05) is 39.8 Å². The van der Waals surface area contributed by atoms with E-state index in [0.29, 0.717) is 18.9 Å². The third kappa shape index (κ3) is 7.02. The molecule has 0 amide bonds. The SMILES string of the molecule is CC1(C)CC(=O)c2ccc(N3CCN(Cc4noc(C(C)(C)C)n4)CC3)nc2C1.O=C(O)C(F)(F)F. The van der Waals surface area contributed by atoms with Crippen LogP contribution in [0.5, 0.6) is 0 Å². The zero-order chi connectivity index (χ0) is 26.9. The molecule has 0 aromatic carbocycles. The van der Waals surface area contributed by atoms with Gasteiger partial charge in [-0.2, -0.15) is 18.2 Å². The van der Waals surface area contributed by atoms with Gasteiger partial charge in [0.2, 0.25) is 5.89 Å². The van der Waals surface area contributed by atoms with E-state index < -0.39 is 12.1 Å². The first-order valence-electron chi connectivity index (χ1n) is 11.7. The van der Waals surface area contributed by atoms with Crippen LogP contribution < -0.4 is 4.90 Å². The number of ketones is 1. The van der Waals surface area contributed by atoms with Crippen molar-refractivity contribution in [1.29, 1.82) is 0 Å². The lowest BCUT2D eigenvalue weighted by Gasteiger charge is -2.36. The zero-order valence-corrected chi connectivity index (χ0v) is 21.1. The van der Waals surface area contributed by atoms with Crippen LogP contribution >= 0.6 is 0 Å². The van der Waals surface area contributed by atoms with Crippen LogP contribution in [0.25, 0.3) is 0 Å². The number of piperazine rings is 1. The third-order valence-corrected chi connectivity index (χ3v) is 5.96. The molecule has 12 heteroatoms. The second-order valence-electron chi connectivity index (χ2n) is 10.9. The standard InChI is InChI=1S/C22H31N5O2.C2HF3O2/c1-21(2,3)20-24-18(25-29-20)14-26-8-10-27(11-9-26)19-7-6-15-16(23-19)12-22(4,5)13-17(15)28;3-2(4,5)1(6)7/h6-7H,8-14H2,1-5H3;(H,6,7). The number of rotatable bonds is 3. The maximum atomic E-state index is 12.4. The summed E-state index contributed by atoms with van der Waals surface area (Å²) in [5.41, 5.74) is 1.62. The number of hydrogen-bond acceptors (Lipinski definition) is 8. The topological polar surface area (TPSA) is 113 Å². The fourth-order valence-electron chi connectivity index (χ4n) is 4.06. The van der Waals surface area contributed by atoms with E-state index in [2.05, 4.69) is 54.6 Å². The first-order chi connectivity index (χ1) is 16.5. The van der Waals surface area contributed by atoms with Crippen molar-refractivity contribution in [3.05, 3.63) is 35.1 Å². The monoisotopic (exact) mass is 511 g/mol. The minimum Gasteiger partial charge on any atom is -0.475 e. The number of anilines is 1. The van der Waals surface area contributed by atoms with E-state index in [0.717, 1.165) is 55.5 Å². The predicted octanol–water partition coefficient (Wildman–Crippen LogP) is 3.87. The van der Waals surface area contributed by atoms with Crippen molar-refractivity contribution in [2.45, 2.75) is 65.6 Å². The summed E-state index contributed by atoms with van der Waals surface area (Å²) in [6, 6.07) is 3.97. The second kappa shape index (κ2) is 10.2. The molecule has 0 spiro atoms. The normalized spacial score (nSPS) is 18.3. The van der Waals surface area contributed by atoms with Crippen LogP contribution in [0.15, 0.2) is 16.7 Å². The van der Waals surface area contributed by atoms with Gasteiger partial charge < -0.3 is 14.5 Å². The Kier molecular flexibility index (Phi) is 7.77. The number of carboxylic acids is 1. The van der Waals surface area contributed by atoms with Gasteiger partial charge in [-0.15, -0.1) is 0 Å². The molecule has 1 aliphatic heterocycles. The minimum atomic E-state index is -5.08. The average Bonchev–Trinajstić information content (AvgIpc) is 3.22. The lowest BCUT2D eigenvalue weighted by molar-refractivity contribution is -0.192. The van der Waals surface area contributed by atoms with Crippen molar-refractivity contribution in [3.63, 3.8) is 0 Å². The van der Waals surface area contributed by atoms with Crippen LogP contribution in [0.3, 0.4) is 0 Å². The van der Waals surface area contributed by atoms with Crippen molar-refractivity contribution >= 4 is 17.6 Å². The molecular formula is C24H32F3N5O4. The summed E-state index contributed by atoms with van der Waals surface area (Å²) in [6.07, 6.45) is -3.62. The zero-order valence-electron chi connectivity index (χ0n) is 21.1. The fourth-order valence-corrected chi connectivity index (χ4v) is 4.06. The Bertz CT molecular complexity index is 1100. The highest BCUT2D eigenvalue weighted by molar-refractivity contribution is 5.98. The summed E-state index contributed by atoms with van der Waals surface area (Å²) in [5, 5.41) is 11.3. The Morgan fingerprint density at radius 1 is 1.08 bits per heavy atom. The Morgan fingerprint density at radius 3 is 2.22 bits per heavy atom. The average molecular weight is 512 g/mol. The predicted molar refractivity (Wildman–Crippen MR) is 125 cm³/mol. The van der Waals surface area contributed by atoms with Gasteiger partial charge in [0, 0.05) is 43.6 Å². The molecule has 0 bridgehead atoms. The number of carboxylic acid groups (broad SMARTS) is 1. The number of halogens is 3. The van der Waals surface area contributed by atoms with E-state index >= 15 is 0 Å². The second-order valence-corrected chi connectivity index (χ2v) is 10.9. The summed E-state index contributed by atoms with van der Waals surface area (Å²) in [5.74, 6) is -0.135. The summed E-state index contributed by atoms with van der Waals surface area (Å²) in [4.78, 5) is 35.3. The first kappa shape index (κ1) is 27.6. The van der Waals surface area contributed by atoms with Gasteiger partial charge >= 0.3 is 12.1 Å². The molecule has 1 fully saturated rings. The number of aromatic nitrogens is 3. The highest BCUT2D eigenvalue weighted by Gasteiger charge is 2.38. The maximum Gasteiger partial charge on any atom is 0.490 e. The Morgan fingerprint density at radius 2 is 1.69 bits per heavy atom. The highest BCUT2D eigenvalue weighted by atomic mass is 19.4. The van der Waals surface area contributed by atoms with E-state index in [1.165, 1.54) is 0 Å². The molecule has 2 aromatic heterocycles. The van der Waals surface area contributed by atoms with Crippen molar-refractivity contribution in [1.82, 2.24) is 20.0 Å². The molecule has 0 atom stereocenters. The van der Waals surface area contributed by atoms with Gasteiger partial charge in [0.1, 0.15) is 5.82 Å². The molecule has 1 N–H and O–H groups in total. The Labute approximate surface area is 207 Å². The molecule has 2 aliphatic rings. The van der Waals surface area contributed by atoms with Crippen LogP contribution in [0.2, 0.25) is 0 Å². The largest absolute Gasteiger partial charge is 0.490 e. The van der Waals surface area contributed by atoms with Gasteiger partial charge in [0.15, 0.2) is 11.6 Å². The molecule has 0 saturated carbocycles. The number of Topliss-reactive ketones (excluding diaryl/α,β-unsaturated/α-hetero) is 1.